The zero-order chi connectivity index (χ0) is 11.5. The SMILES string of the molecule is O=C(O)N1CCC(O)C(c2ccccc2)C1. The zero-order valence-corrected chi connectivity index (χ0v) is 8.91. The number of nitrogens with zero attached hydrogens (tertiary/aromatic N) is 1. The largest absolute Gasteiger partial charge is 0.465 e. The first-order valence-corrected chi connectivity index (χ1v) is 5.39. The van der Waals surface area contributed by atoms with Crippen LogP contribution in [0.1, 0.15) is 17.9 Å². The third-order valence-electron chi connectivity index (χ3n) is 3.07. The van der Waals surface area contributed by atoms with Gasteiger partial charge in [0, 0.05) is 19.0 Å². The lowest BCUT2D eigenvalue weighted by Crippen LogP contribution is -2.44. The Morgan fingerprint density at radius 2 is 2.00 bits per heavy atom. The molecule has 4 heteroatoms. The van der Waals surface area contributed by atoms with Crippen LogP contribution in [0.25, 0.3) is 0 Å². The van der Waals surface area contributed by atoms with Crippen molar-refractivity contribution in [2.45, 2.75) is 18.4 Å². The molecule has 1 aromatic carbocycles. The molecule has 1 aliphatic heterocycles. The lowest BCUT2D eigenvalue weighted by atomic mass is 9.88. The predicted octanol–water partition coefficient (Wildman–Crippen LogP) is 1.51. The first-order valence-electron chi connectivity index (χ1n) is 5.39. The van der Waals surface area contributed by atoms with E-state index in [0.29, 0.717) is 19.5 Å². The fourth-order valence-corrected chi connectivity index (χ4v) is 2.14. The maximum atomic E-state index is 10.9. The lowest BCUT2D eigenvalue weighted by Gasteiger charge is -2.34. The summed E-state index contributed by atoms with van der Waals surface area (Å²) >= 11 is 0. The highest BCUT2D eigenvalue weighted by Gasteiger charge is 2.30. The number of carbonyl (C=O) groups is 1. The minimum Gasteiger partial charge on any atom is -0.465 e. The third kappa shape index (κ3) is 2.17. The summed E-state index contributed by atoms with van der Waals surface area (Å²) in [5.74, 6) is -0.106. The van der Waals surface area contributed by atoms with Crippen molar-refractivity contribution in [2.75, 3.05) is 13.1 Å². The first kappa shape index (κ1) is 11.0. The molecule has 2 atom stereocenters. The number of piperidine rings is 1. The molecule has 86 valence electrons. The highest BCUT2D eigenvalue weighted by molar-refractivity contribution is 5.65. The average molecular weight is 221 g/mol. The van der Waals surface area contributed by atoms with Gasteiger partial charge in [0.25, 0.3) is 0 Å². The number of aliphatic hydroxyl groups excluding tert-OH is 1. The van der Waals surface area contributed by atoms with Crippen LogP contribution in [0.3, 0.4) is 0 Å². The summed E-state index contributed by atoms with van der Waals surface area (Å²) in [6, 6.07) is 9.58. The lowest BCUT2D eigenvalue weighted by molar-refractivity contribution is 0.0586. The van der Waals surface area contributed by atoms with Crippen molar-refractivity contribution in [2.24, 2.45) is 0 Å². The molecule has 2 N–H and O–H groups in total. The molecule has 0 spiro atoms. The fraction of sp³-hybridized carbons (Fsp3) is 0.417. The van der Waals surface area contributed by atoms with Crippen molar-refractivity contribution in [1.82, 2.24) is 4.90 Å². The highest BCUT2D eigenvalue weighted by atomic mass is 16.4. The topological polar surface area (TPSA) is 60.8 Å². The smallest absolute Gasteiger partial charge is 0.407 e. The molecule has 1 amide bonds. The number of hydrogen-bond acceptors (Lipinski definition) is 2. The third-order valence-corrected chi connectivity index (χ3v) is 3.07. The van der Waals surface area contributed by atoms with Crippen molar-refractivity contribution >= 4 is 6.09 Å². The molecule has 0 saturated carbocycles. The van der Waals surface area contributed by atoms with Gasteiger partial charge in [-0.05, 0) is 12.0 Å². The summed E-state index contributed by atoms with van der Waals surface area (Å²) in [7, 11) is 0. The van der Waals surface area contributed by atoms with Crippen LogP contribution in [0.2, 0.25) is 0 Å². The second-order valence-corrected chi connectivity index (χ2v) is 4.10. The van der Waals surface area contributed by atoms with Crippen LogP contribution < -0.4 is 0 Å². The van der Waals surface area contributed by atoms with Gasteiger partial charge in [0.05, 0.1) is 6.10 Å². The molecule has 0 bridgehead atoms. The Hall–Kier alpha value is -1.55. The van der Waals surface area contributed by atoms with E-state index in [1.165, 1.54) is 4.90 Å². The number of likely N-dealkylation sites (tertiary alicyclic amines) is 1. The highest BCUT2D eigenvalue weighted by Crippen LogP contribution is 2.27. The minimum atomic E-state index is -0.909. The average Bonchev–Trinajstić information content (AvgIpc) is 2.30. The molecule has 1 heterocycles. The number of rotatable bonds is 1. The summed E-state index contributed by atoms with van der Waals surface area (Å²) in [4.78, 5) is 12.2. The molecule has 16 heavy (non-hydrogen) atoms. The van der Waals surface area contributed by atoms with Crippen LogP contribution in [0.4, 0.5) is 4.79 Å². The van der Waals surface area contributed by atoms with E-state index in [1.54, 1.807) is 0 Å². The summed E-state index contributed by atoms with van der Waals surface area (Å²) < 4.78 is 0. The Labute approximate surface area is 94.1 Å². The Bertz CT molecular complexity index is 366. The molecule has 1 aromatic rings. The Morgan fingerprint density at radius 1 is 1.31 bits per heavy atom. The Kier molecular flexibility index (Phi) is 3.10. The van der Waals surface area contributed by atoms with Gasteiger partial charge in [-0.3, -0.25) is 0 Å². The van der Waals surface area contributed by atoms with E-state index in [-0.39, 0.29) is 5.92 Å². The van der Waals surface area contributed by atoms with E-state index in [1.807, 2.05) is 30.3 Å². The standard InChI is InChI=1S/C12H15NO3/c14-11-6-7-13(12(15)16)8-10(11)9-4-2-1-3-5-9/h1-5,10-11,14H,6-8H2,(H,15,16). The summed E-state index contributed by atoms with van der Waals surface area (Å²) in [6.45, 7) is 0.792. The quantitative estimate of drug-likeness (QED) is 0.755. The second kappa shape index (κ2) is 4.53. The van der Waals surface area contributed by atoms with Gasteiger partial charge in [-0.1, -0.05) is 30.3 Å². The van der Waals surface area contributed by atoms with Crippen LogP contribution in [0.15, 0.2) is 30.3 Å². The van der Waals surface area contributed by atoms with Crippen molar-refractivity contribution < 1.29 is 15.0 Å². The predicted molar refractivity (Wildman–Crippen MR) is 59.4 cm³/mol. The van der Waals surface area contributed by atoms with E-state index in [2.05, 4.69) is 0 Å². The van der Waals surface area contributed by atoms with Gasteiger partial charge in [-0.25, -0.2) is 4.79 Å². The van der Waals surface area contributed by atoms with E-state index in [0.717, 1.165) is 5.56 Å². The van der Waals surface area contributed by atoms with Crippen LogP contribution in [-0.4, -0.2) is 40.4 Å². The number of hydrogen-bond donors (Lipinski definition) is 2. The molecule has 2 unspecified atom stereocenters. The number of amides is 1. The van der Waals surface area contributed by atoms with Crippen molar-refractivity contribution in [3.63, 3.8) is 0 Å². The van der Waals surface area contributed by atoms with E-state index in [9.17, 15) is 9.90 Å². The Morgan fingerprint density at radius 3 is 2.62 bits per heavy atom. The molecule has 0 radical (unpaired) electrons. The molecule has 1 aliphatic rings. The Balaban J connectivity index is 2.16. The van der Waals surface area contributed by atoms with E-state index in [4.69, 9.17) is 5.11 Å². The normalized spacial score (nSPS) is 25.4. The monoisotopic (exact) mass is 221 g/mol. The van der Waals surface area contributed by atoms with Gasteiger partial charge < -0.3 is 15.1 Å². The van der Waals surface area contributed by atoms with Crippen LogP contribution >= 0.6 is 0 Å². The molecule has 1 fully saturated rings. The van der Waals surface area contributed by atoms with Gasteiger partial charge in [-0.15, -0.1) is 0 Å². The first-order chi connectivity index (χ1) is 7.68. The molecular formula is C12H15NO3. The number of benzene rings is 1. The van der Waals surface area contributed by atoms with Gasteiger partial charge in [0.2, 0.25) is 0 Å². The van der Waals surface area contributed by atoms with E-state index >= 15 is 0 Å². The second-order valence-electron chi connectivity index (χ2n) is 4.10. The van der Waals surface area contributed by atoms with Crippen molar-refractivity contribution in [1.29, 1.82) is 0 Å². The van der Waals surface area contributed by atoms with Crippen LogP contribution in [-0.2, 0) is 0 Å². The molecule has 0 aromatic heterocycles. The summed E-state index contributed by atoms with van der Waals surface area (Å²) in [5.41, 5.74) is 1.00. The summed E-state index contributed by atoms with van der Waals surface area (Å²) in [6.07, 6.45) is -0.850. The van der Waals surface area contributed by atoms with Gasteiger partial charge in [0.15, 0.2) is 0 Å². The molecule has 1 saturated heterocycles. The zero-order valence-electron chi connectivity index (χ0n) is 8.91. The maximum absolute atomic E-state index is 10.9. The maximum Gasteiger partial charge on any atom is 0.407 e. The van der Waals surface area contributed by atoms with Gasteiger partial charge in [-0.2, -0.15) is 0 Å². The molecule has 2 rings (SSSR count). The van der Waals surface area contributed by atoms with E-state index < -0.39 is 12.2 Å². The van der Waals surface area contributed by atoms with Gasteiger partial charge >= 0.3 is 6.09 Å². The number of aliphatic hydroxyl groups is 1. The molecular weight excluding hydrogens is 206 g/mol. The minimum absolute atomic E-state index is 0.106. The molecule has 4 nitrogen and oxygen atoms in total. The fourth-order valence-electron chi connectivity index (χ4n) is 2.14. The van der Waals surface area contributed by atoms with Crippen LogP contribution in [0.5, 0.6) is 0 Å². The van der Waals surface area contributed by atoms with Gasteiger partial charge in [0.1, 0.15) is 0 Å². The number of carboxylic acid groups (broad SMARTS) is 1. The van der Waals surface area contributed by atoms with Crippen molar-refractivity contribution in [3.8, 4) is 0 Å². The van der Waals surface area contributed by atoms with Crippen molar-refractivity contribution in [3.05, 3.63) is 35.9 Å². The van der Waals surface area contributed by atoms with Crippen LogP contribution in [0, 0.1) is 0 Å². The summed E-state index contributed by atoms with van der Waals surface area (Å²) in [5, 5.41) is 18.8. The molecule has 0 aliphatic carbocycles.